The minimum Gasteiger partial charge on any atom is -0.455 e. The molecule has 2 heterocycles. The summed E-state index contributed by atoms with van der Waals surface area (Å²) >= 11 is 0. The second-order valence-electron chi connectivity index (χ2n) is 4.30. The molecule has 6 heteroatoms. The SMILES string of the molecule is Nc1ccc(-c2cc3cccc(C(F)(F)F)c3o2)cn1. The Morgan fingerprint density at radius 1 is 1.10 bits per heavy atom. The Kier molecular flexibility index (Phi) is 2.67. The summed E-state index contributed by atoms with van der Waals surface area (Å²) in [6.07, 6.45) is -2.99. The maximum atomic E-state index is 12.9. The van der Waals surface area contributed by atoms with Gasteiger partial charge in [-0.2, -0.15) is 13.2 Å². The number of nitrogen functional groups attached to an aromatic ring is 1. The summed E-state index contributed by atoms with van der Waals surface area (Å²) < 4.78 is 44.0. The lowest BCUT2D eigenvalue weighted by molar-refractivity contribution is -0.136. The van der Waals surface area contributed by atoms with E-state index in [-0.39, 0.29) is 5.58 Å². The zero-order chi connectivity index (χ0) is 14.3. The maximum Gasteiger partial charge on any atom is 0.420 e. The molecule has 20 heavy (non-hydrogen) atoms. The highest BCUT2D eigenvalue weighted by atomic mass is 19.4. The second-order valence-corrected chi connectivity index (χ2v) is 4.30. The van der Waals surface area contributed by atoms with Crippen LogP contribution in [0.15, 0.2) is 47.0 Å². The number of hydrogen-bond acceptors (Lipinski definition) is 3. The molecular weight excluding hydrogens is 269 g/mol. The fourth-order valence-electron chi connectivity index (χ4n) is 1.98. The Bertz CT molecular complexity index is 760. The topological polar surface area (TPSA) is 52.0 Å². The van der Waals surface area contributed by atoms with E-state index in [4.69, 9.17) is 10.2 Å². The van der Waals surface area contributed by atoms with Gasteiger partial charge in [-0.05, 0) is 24.3 Å². The Morgan fingerprint density at radius 3 is 2.55 bits per heavy atom. The van der Waals surface area contributed by atoms with Crippen molar-refractivity contribution in [3.05, 3.63) is 48.2 Å². The van der Waals surface area contributed by atoms with Crippen LogP contribution in [0.3, 0.4) is 0 Å². The number of furan rings is 1. The van der Waals surface area contributed by atoms with Crippen LogP contribution in [-0.2, 0) is 6.18 Å². The summed E-state index contributed by atoms with van der Waals surface area (Å²) in [5, 5.41) is 0.395. The quantitative estimate of drug-likeness (QED) is 0.729. The van der Waals surface area contributed by atoms with Gasteiger partial charge >= 0.3 is 6.18 Å². The first-order chi connectivity index (χ1) is 9.45. The summed E-state index contributed by atoms with van der Waals surface area (Å²) in [5.74, 6) is 0.657. The molecule has 0 saturated carbocycles. The summed E-state index contributed by atoms with van der Waals surface area (Å²) in [6.45, 7) is 0. The van der Waals surface area contributed by atoms with Crippen LogP contribution in [-0.4, -0.2) is 4.98 Å². The molecule has 0 aliphatic heterocycles. The standard InChI is InChI=1S/C14H9F3N2O/c15-14(16,17)10-3-1-2-8-6-11(20-13(8)10)9-4-5-12(18)19-7-9/h1-7H,(H2,18,19). The first-order valence-corrected chi connectivity index (χ1v) is 5.77. The Hall–Kier alpha value is -2.50. The van der Waals surface area contributed by atoms with Crippen LogP contribution in [0.1, 0.15) is 5.56 Å². The Morgan fingerprint density at radius 2 is 1.90 bits per heavy atom. The van der Waals surface area contributed by atoms with E-state index in [1.807, 2.05) is 0 Å². The molecule has 0 amide bonds. The highest BCUT2D eigenvalue weighted by Crippen LogP contribution is 2.37. The maximum absolute atomic E-state index is 12.9. The zero-order valence-corrected chi connectivity index (χ0v) is 10.1. The Labute approximate surface area is 111 Å². The predicted molar refractivity (Wildman–Crippen MR) is 68.9 cm³/mol. The van der Waals surface area contributed by atoms with Crippen molar-refractivity contribution < 1.29 is 17.6 Å². The summed E-state index contributed by atoms with van der Waals surface area (Å²) in [5.41, 5.74) is 5.08. The number of benzene rings is 1. The van der Waals surface area contributed by atoms with Gasteiger partial charge in [0, 0.05) is 17.1 Å². The van der Waals surface area contributed by atoms with Crippen molar-refractivity contribution in [1.82, 2.24) is 4.98 Å². The summed E-state index contributed by atoms with van der Waals surface area (Å²) in [6, 6.07) is 8.68. The molecule has 2 N–H and O–H groups in total. The third-order valence-electron chi connectivity index (χ3n) is 2.92. The highest BCUT2D eigenvalue weighted by molar-refractivity contribution is 5.85. The van der Waals surface area contributed by atoms with Crippen LogP contribution in [0, 0.1) is 0 Å². The molecule has 3 nitrogen and oxygen atoms in total. The van der Waals surface area contributed by atoms with Crippen LogP contribution in [0.4, 0.5) is 19.0 Å². The van der Waals surface area contributed by atoms with E-state index in [9.17, 15) is 13.2 Å². The number of pyridine rings is 1. The largest absolute Gasteiger partial charge is 0.455 e. The number of anilines is 1. The number of halogens is 3. The van der Waals surface area contributed by atoms with E-state index in [0.717, 1.165) is 6.07 Å². The van der Waals surface area contributed by atoms with E-state index in [1.165, 1.54) is 12.3 Å². The van der Waals surface area contributed by atoms with Crippen molar-refractivity contribution in [3.63, 3.8) is 0 Å². The normalized spacial score (nSPS) is 11.9. The fourth-order valence-corrected chi connectivity index (χ4v) is 1.98. The lowest BCUT2D eigenvalue weighted by atomic mass is 10.1. The van der Waals surface area contributed by atoms with Gasteiger partial charge in [0.05, 0.1) is 5.56 Å². The molecule has 0 aliphatic carbocycles. The number of para-hydroxylation sites is 1. The molecule has 3 aromatic rings. The number of rotatable bonds is 1. The molecule has 2 aromatic heterocycles. The molecule has 3 rings (SSSR count). The van der Waals surface area contributed by atoms with Crippen LogP contribution >= 0.6 is 0 Å². The summed E-state index contributed by atoms with van der Waals surface area (Å²) in [4.78, 5) is 3.89. The van der Waals surface area contributed by atoms with E-state index in [1.54, 1.807) is 24.3 Å². The van der Waals surface area contributed by atoms with Crippen molar-refractivity contribution in [2.45, 2.75) is 6.18 Å². The minimum absolute atomic E-state index is 0.174. The average molecular weight is 278 g/mol. The van der Waals surface area contributed by atoms with Crippen LogP contribution in [0.25, 0.3) is 22.3 Å². The molecule has 0 bridgehead atoms. The molecule has 0 aliphatic rings. The van der Waals surface area contributed by atoms with Gasteiger partial charge in [-0.15, -0.1) is 0 Å². The van der Waals surface area contributed by atoms with Gasteiger partial charge in [-0.25, -0.2) is 4.98 Å². The smallest absolute Gasteiger partial charge is 0.420 e. The van der Waals surface area contributed by atoms with Crippen LogP contribution in [0.2, 0.25) is 0 Å². The Balaban J connectivity index is 2.18. The van der Waals surface area contributed by atoms with Gasteiger partial charge in [-0.1, -0.05) is 12.1 Å². The van der Waals surface area contributed by atoms with Crippen molar-refractivity contribution >= 4 is 16.8 Å². The van der Waals surface area contributed by atoms with Gasteiger partial charge in [0.1, 0.15) is 17.2 Å². The highest BCUT2D eigenvalue weighted by Gasteiger charge is 2.34. The first kappa shape index (κ1) is 12.5. The number of aromatic nitrogens is 1. The molecule has 0 atom stereocenters. The van der Waals surface area contributed by atoms with Crippen molar-refractivity contribution in [1.29, 1.82) is 0 Å². The van der Waals surface area contributed by atoms with E-state index in [0.29, 0.717) is 22.5 Å². The molecule has 0 unspecified atom stereocenters. The van der Waals surface area contributed by atoms with Crippen LogP contribution < -0.4 is 5.73 Å². The zero-order valence-electron chi connectivity index (χ0n) is 10.1. The second kappa shape index (κ2) is 4.26. The molecule has 0 fully saturated rings. The summed E-state index contributed by atoms with van der Waals surface area (Å²) in [7, 11) is 0. The van der Waals surface area contributed by atoms with Crippen molar-refractivity contribution in [2.75, 3.05) is 5.73 Å². The van der Waals surface area contributed by atoms with Crippen LogP contribution in [0.5, 0.6) is 0 Å². The predicted octanol–water partition coefficient (Wildman–Crippen LogP) is 4.10. The van der Waals surface area contributed by atoms with Crippen molar-refractivity contribution in [2.24, 2.45) is 0 Å². The molecule has 0 spiro atoms. The lowest BCUT2D eigenvalue weighted by Gasteiger charge is -2.06. The van der Waals surface area contributed by atoms with Gasteiger partial charge < -0.3 is 10.2 Å². The van der Waals surface area contributed by atoms with E-state index < -0.39 is 11.7 Å². The number of hydrogen-bond donors (Lipinski definition) is 1. The van der Waals surface area contributed by atoms with Gasteiger partial charge in [-0.3, -0.25) is 0 Å². The molecule has 1 aromatic carbocycles. The van der Waals surface area contributed by atoms with E-state index in [2.05, 4.69) is 4.98 Å². The first-order valence-electron chi connectivity index (χ1n) is 5.77. The fraction of sp³-hybridized carbons (Fsp3) is 0.0714. The molecule has 0 saturated heterocycles. The van der Waals surface area contributed by atoms with Crippen molar-refractivity contribution in [3.8, 4) is 11.3 Å². The lowest BCUT2D eigenvalue weighted by Crippen LogP contribution is -2.04. The molecular formula is C14H9F3N2O. The molecule has 0 radical (unpaired) electrons. The van der Waals surface area contributed by atoms with Gasteiger partial charge in [0.15, 0.2) is 0 Å². The third kappa shape index (κ3) is 2.09. The van der Waals surface area contributed by atoms with E-state index >= 15 is 0 Å². The van der Waals surface area contributed by atoms with Gasteiger partial charge in [0.25, 0.3) is 0 Å². The number of nitrogens with two attached hydrogens (primary N) is 1. The number of fused-ring (bicyclic) bond motifs is 1. The number of alkyl halides is 3. The monoisotopic (exact) mass is 278 g/mol. The number of nitrogens with zero attached hydrogens (tertiary/aromatic N) is 1. The average Bonchev–Trinajstić information content (AvgIpc) is 2.81. The third-order valence-corrected chi connectivity index (χ3v) is 2.92. The minimum atomic E-state index is -4.45. The van der Waals surface area contributed by atoms with Gasteiger partial charge in [0.2, 0.25) is 0 Å². The molecule has 102 valence electrons.